The third-order valence-electron chi connectivity index (χ3n) is 4.96. The van der Waals surface area contributed by atoms with Crippen LogP contribution in [0.1, 0.15) is 25.8 Å². The highest BCUT2D eigenvalue weighted by Gasteiger charge is 2.17. The number of aryl methyl sites for hydroxylation is 1. The molecule has 2 aromatic heterocycles. The number of hydrogen-bond acceptors (Lipinski definition) is 8. The molecule has 170 valence electrons. The Balaban J connectivity index is 1.58. The van der Waals surface area contributed by atoms with Crippen molar-refractivity contribution < 1.29 is 27.8 Å². The molecule has 0 spiro atoms. The zero-order chi connectivity index (χ0) is 23.5. The molecule has 0 bridgehead atoms. The number of benzene rings is 2. The second kappa shape index (κ2) is 9.20. The lowest BCUT2D eigenvalue weighted by atomic mass is 10.1. The van der Waals surface area contributed by atoms with E-state index >= 15 is 0 Å². The van der Waals surface area contributed by atoms with E-state index in [-0.39, 0.29) is 22.1 Å². The number of ether oxygens (including phenoxy) is 3. The van der Waals surface area contributed by atoms with Gasteiger partial charge < -0.3 is 23.0 Å². The molecular formula is C25H22O8. The van der Waals surface area contributed by atoms with Gasteiger partial charge in [-0.3, -0.25) is 4.79 Å². The van der Waals surface area contributed by atoms with Crippen molar-refractivity contribution in [1.82, 2.24) is 0 Å². The normalized spacial score (nSPS) is 12.0. The van der Waals surface area contributed by atoms with Crippen LogP contribution in [0, 0.1) is 6.92 Å². The first-order valence-corrected chi connectivity index (χ1v) is 10.5. The third kappa shape index (κ3) is 4.74. The summed E-state index contributed by atoms with van der Waals surface area (Å²) in [5, 5.41) is 1.05. The lowest BCUT2D eigenvalue weighted by molar-refractivity contribution is -0.151. The standard InChI is InChI=1S/C25H22O8/c1-4-9-29-25(28)15(3)31-16-6-8-19-20(11-16)30-13-22(24(19)27)32-17-5-7-18-14(2)10-23(26)33-21(18)12-17/h5-8,10-13,15H,4,9H2,1-3H3. The van der Waals surface area contributed by atoms with E-state index in [0.717, 1.165) is 17.4 Å². The lowest BCUT2D eigenvalue weighted by Crippen LogP contribution is -2.26. The molecule has 8 heteroatoms. The molecule has 0 fully saturated rings. The topological polar surface area (TPSA) is 105 Å². The molecule has 4 aromatic rings. The molecule has 0 N–H and O–H groups in total. The van der Waals surface area contributed by atoms with Crippen LogP contribution in [0.5, 0.6) is 17.2 Å². The average Bonchev–Trinajstić information content (AvgIpc) is 2.79. The van der Waals surface area contributed by atoms with Crippen LogP contribution < -0.4 is 20.5 Å². The zero-order valence-corrected chi connectivity index (χ0v) is 18.4. The summed E-state index contributed by atoms with van der Waals surface area (Å²) < 4.78 is 27.2. The first-order valence-electron chi connectivity index (χ1n) is 10.5. The van der Waals surface area contributed by atoms with E-state index in [1.165, 1.54) is 24.5 Å². The fourth-order valence-corrected chi connectivity index (χ4v) is 3.30. The maximum absolute atomic E-state index is 12.9. The van der Waals surface area contributed by atoms with Crippen molar-refractivity contribution in [2.45, 2.75) is 33.3 Å². The molecule has 0 saturated carbocycles. The highest BCUT2D eigenvalue weighted by Crippen LogP contribution is 2.27. The largest absolute Gasteiger partial charge is 0.479 e. The highest BCUT2D eigenvalue weighted by atomic mass is 16.6. The van der Waals surface area contributed by atoms with E-state index in [1.807, 2.05) is 13.8 Å². The maximum Gasteiger partial charge on any atom is 0.347 e. The Hall–Kier alpha value is -4.07. The summed E-state index contributed by atoms with van der Waals surface area (Å²) >= 11 is 0. The van der Waals surface area contributed by atoms with Crippen molar-refractivity contribution in [3.63, 3.8) is 0 Å². The van der Waals surface area contributed by atoms with Gasteiger partial charge in [0.2, 0.25) is 11.2 Å². The molecule has 1 atom stereocenters. The van der Waals surface area contributed by atoms with Crippen LogP contribution in [0.15, 0.2) is 67.2 Å². The minimum atomic E-state index is -0.806. The molecule has 8 nitrogen and oxygen atoms in total. The second-order valence-electron chi connectivity index (χ2n) is 7.52. The molecule has 0 aliphatic rings. The smallest absolute Gasteiger partial charge is 0.347 e. The Bertz CT molecular complexity index is 1450. The lowest BCUT2D eigenvalue weighted by Gasteiger charge is -2.14. The van der Waals surface area contributed by atoms with Gasteiger partial charge in [0.15, 0.2) is 6.10 Å². The van der Waals surface area contributed by atoms with Crippen LogP contribution in [0.3, 0.4) is 0 Å². The maximum atomic E-state index is 12.9. The van der Waals surface area contributed by atoms with Crippen LogP contribution in [-0.4, -0.2) is 18.7 Å². The third-order valence-corrected chi connectivity index (χ3v) is 4.96. The van der Waals surface area contributed by atoms with Gasteiger partial charge in [-0.25, -0.2) is 9.59 Å². The van der Waals surface area contributed by atoms with Gasteiger partial charge in [-0.2, -0.15) is 0 Å². The summed E-state index contributed by atoms with van der Waals surface area (Å²) in [6.07, 6.45) is 1.11. The van der Waals surface area contributed by atoms with Crippen molar-refractivity contribution in [3.05, 3.63) is 74.9 Å². The van der Waals surface area contributed by atoms with Crippen LogP contribution in [-0.2, 0) is 9.53 Å². The number of esters is 1. The monoisotopic (exact) mass is 450 g/mol. The van der Waals surface area contributed by atoms with Crippen LogP contribution in [0.25, 0.3) is 21.9 Å². The van der Waals surface area contributed by atoms with E-state index in [9.17, 15) is 14.4 Å². The number of fused-ring (bicyclic) bond motifs is 2. The van der Waals surface area contributed by atoms with Crippen LogP contribution in [0.2, 0.25) is 0 Å². The van der Waals surface area contributed by atoms with Gasteiger partial charge in [-0.1, -0.05) is 6.92 Å². The molecule has 0 radical (unpaired) electrons. The minimum Gasteiger partial charge on any atom is -0.479 e. The summed E-state index contributed by atoms with van der Waals surface area (Å²) in [5.41, 5.74) is 0.566. The summed E-state index contributed by atoms with van der Waals surface area (Å²) in [6.45, 7) is 5.62. The van der Waals surface area contributed by atoms with Crippen LogP contribution >= 0.6 is 0 Å². The molecule has 0 saturated heterocycles. The fraction of sp³-hybridized carbons (Fsp3) is 0.240. The Kier molecular flexibility index (Phi) is 6.17. The number of rotatable bonds is 7. The molecular weight excluding hydrogens is 428 g/mol. The van der Waals surface area contributed by atoms with Crippen LogP contribution in [0.4, 0.5) is 0 Å². The summed E-state index contributed by atoms with van der Waals surface area (Å²) in [7, 11) is 0. The van der Waals surface area contributed by atoms with Gasteiger partial charge in [0.1, 0.15) is 28.9 Å². The van der Waals surface area contributed by atoms with Crippen molar-refractivity contribution in [1.29, 1.82) is 0 Å². The quantitative estimate of drug-likeness (QED) is 0.294. The van der Waals surface area contributed by atoms with E-state index in [1.54, 1.807) is 31.2 Å². The Labute approximate surface area is 188 Å². The molecule has 2 aromatic carbocycles. The van der Waals surface area contributed by atoms with E-state index < -0.39 is 17.7 Å². The molecule has 0 aliphatic carbocycles. The number of hydrogen-bond donors (Lipinski definition) is 0. The van der Waals surface area contributed by atoms with E-state index in [2.05, 4.69) is 0 Å². The van der Waals surface area contributed by atoms with E-state index in [4.69, 9.17) is 23.0 Å². The predicted molar refractivity (Wildman–Crippen MR) is 121 cm³/mol. The zero-order valence-electron chi connectivity index (χ0n) is 18.4. The molecule has 33 heavy (non-hydrogen) atoms. The summed E-state index contributed by atoms with van der Waals surface area (Å²) in [5.74, 6) is 0.188. The van der Waals surface area contributed by atoms with Gasteiger partial charge in [-0.05, 0) is 50.1 Å². The Morgan fingerprint density at radius 2 is 1.73 bits per heavy atom. The Morgan fingerprint density at radius 1 is 1.00 bits per heavy atom. The second-order valence-corrected chi connectivity index (χ2v) is 7.52. The van der Waals surface area contributed by atoms with Crippen molar-refractivity contribution in [3.8, 4) is 17.2 Å². The molecule has 4 rings (SSSR count). The van der Waals surface area contributed by atoms with Gasteiger partial charge in [-0.15, -0.1) is 0 Å². The first kappa shape index (κ1) is 22.1. The average molecular weight is 450 g/mol. The molecule has 2 heterocycles. The van der Waals surface area contributed by atoms with Crippen molar-refractivity contribution >= 4 is 27.9 Å². The van der Waals surface area contributed by atoms with Gasteiger partial charge in [0.05, 0.1) is 12.0 Å². The van der Waals surface area contributed by atoms with Crippen molar-refractivity contribution in [2.24, 2.45) is 0 Å². The Morgan fingerprint density at radius 3 is 2.52 bits per heavy atom. The summed E-state index contributed by atoms with van der Waals surface area (Å²) in [4.78, 5) is 36.4. The highest BCUT2D eigenvalue weighted by molar-refractivity contribution is 5.82. The molecule has 0 amide bonds. The minimum absolute atomic E-state index is 0.0259. The SMILES string of the molecule is CCCOC(=O)C(C)Oc1ccc2c(=O)c(Oc3ccc4c(C)cc(=O)oc4c3)coc2c1. The predicted octanol–water partition coefficient (Wildman–Crippen LogP) is 4.72. The molecule has 0 aliphatic heterocycles. The fourth-order valence-electron chi connectivity index (χ4n) is 3.30. The van der Waals surface area contributed by atoms with Gasteiger partial charge >= 0.3 is 11.6 Å². The summed E-state index contributed by atoms with van der Waals surface area (Å²) in [6, 6.07) is 11.0. The van der Waals surface area contributed by atoms with E-state index in [0.29, 0.717) is 23.7 Å². The first-order chi connectivity index (χ1) is 15.9. The number of carbonyl (C=O) groups is 1. The van der Waals surface area contributed by atoms with Crippen molar-refractivity contribution in [2.75, 3.05) is 6.61 Å². The molecule has 1 unspecified atom stereocenters. The number of carbonyl (C=O) groups excluding carboxylic acids is 1. The van der Waals surface area contributed by atoms with Gasteiger partial charge in [0.25, 0.3) is 0 Å². The van der Waals surface area contributed by atoms with Gasteiger partial charge in [0, 0.05) is 23.6 Å².